The number of methoxy groups -OCH3 is 1. The predicted molar refractivity (Wildman–Crippen MR) is 75.5 cm³/mol. The van der Waals surface area contributed by atoms with Crippen LogP contribution in [0.3, 0.4) is 0 Å². The minimum Gasteiger partial charge on any atom is -0.477 e. The van der Waals surface area contributed by atoms with Gasteiger partial charge in [-0.15, -0.1) is 22.7 Å². The number of hydrogen-bond donors (Lipinski definition) is 1. The second-order valence-electron chi connectivity index (χ2n) is 3.55. The van der Waals surface area contributed by atoms with Crippen molar-refractivity contribution in [2.75, 3.05) is 7.11 Å². The molecule has 1 N–H and O–H groups in total. The van der Waals surface area contributed by atoms with Crippen LogP contribution in [0.2, 0.25) is 0 Å². The van der Waals surface area contributed by atoms with E-state index in [9.17, 15) is 4.79 Å². The molecular weight excluding hydrogens is 338 g/mol. The van der Waals surface area contributed by atoms with Gasteiger partial charge in [0.15, 0.2) is 0 Å². The van der Waals surface area contributed by atoms with Crippen LogP contribution in [0.15, 0.2) is 10.5 Å². The highest BCUT2D eigenvalue weighted by Gasteiger charge is 2.19. The van der Waals surface area contributed by atoms with Gasteiger partial charge in [0, 0.05) is 16.5 Å². The van der Waals surface area contributed by atoms with Crippen molar-refractivity contribution in [2.45, 2.75) is 13.5 Å². The summed E-state index contributed by atoms with van der Waals surface area (Å²) in [5.41, 5.74) is 0.479. The number of ether oxygens (including phenoxy) is 1. The lowest BCUT2D eigenvalue weighted by Crippen LogP contribution is -1.99. The van der Waals surface area contributed by atoms with Crippen molar-refractivity contribution in [3.8, 4) is 9.88 Å². The SMILES string of the molecule is COCc1nc(-c2cc(Br)c(C)s2)sc1C(=O)O. The molecule has 0 spiro atoms. The number of aromatic carboxylic acids is 1. The topological polar surface area (TPSA) is 59.4 Å². The molecule has 0 aromatic carbocycles. The first-order chi connectivity index (χ1) is 8.52. The standard InChI is InChI=1S/C11H10BrNO3S2/c1-5-6(12)3-8(17-5)10-13-7(4-16-2)9(18-10)11(14)15/h3H,4H2,1-2H3,(H,14,15). The summed E-state index contributed by atoms with van der Waals surface area (Å²) in [7, 11) is 1.52. The van der Waals surface area contributed by atoms with Gasteiger partial charge in [-0.3, -0.25) is 0 Å². The molecule has 2 aromatic rings. The van der Waals surface area contributed by atoms with E-state index in [4.69, 9.17) is 9.84 Å². The van der Waals surface area contributed by atoms with E-state index in [1.807, 2.05) is 13.0 Å². The summed E-state index contributed by atoms with van der Waals surface area (Å²) in [5, 5.41) is 9.84. The normalized spacial score (nSPS) is 10.8. The van der Waals surface area contributed by atoms with E-state index in [-0.39, 0.29) is 11.5 Å². The number of nitrogens with zero attached hydrogens (tertiary/aromatic N) is 1. The first-order valence-electron chi connectivity index (χ1n) is 5.01. The number of aryl methyl sites for hydroxylation is 1. The van der Waals surface area contributed by atoms with Crippen molar-refractivity contribution >= 4 is 44.6 Å². The summed E-state index contributed by atoms with van der Waals surface area (Å²) in [4.78, 5) is 17.8. The molecule has 0 fully saturated rings. The van der Waals surface area contributed by atoms with Gasteiger partial charge < -0.3 is 9.84 Å². The van der Waals surface area contributed by atoms with Gasteiger partial charge in [0.05, 0.1) is 17.2 Å². The van der Waals surface area contributed by atoms with Crippen molar-refractivity contribution in [3.05, 3.63) is 26.0 Å². The van der Waals surface area contributed by atoms with Crippen LogP contribution in [-0.4, -0.2) is 23.2 Å². The molecule has 0 saturated heterocycles. The Hall–Kier alpha value is -0.760. The number of carbonyl (C=O) groups is 1. The fraction of sp³-hybridized carbons (Fsp3) is 0.273. The van der Waals surface area contributed by atoms with Crippen LogP contribution < -0.4 is 0 Å². The maximum Gasteiger partial charge on any atom is 0.347 e. The number of carboxylic acids is 1. The number of halogens is 1. The van der Waals surface area contributed by atoms with Crippen molar-refractivity contribution in [1.82, 2.24) is 4.98 Å². The number of aromatic nitrogens is 1. The van der Waals surface area contributed by atoms with Gasteiger partial charge in [0.1, 0.15) is 9.88 Å². The zero-order chi connectivity index (χ0) is 13.3. The lowest BCUT2D eigenvalue weighted by molar-refractivity contribution is 0.0697. The van der Waals surface area contributed by atoms with Crippen molar-refractivity contribution in [2.24, 2.45) is 0 Å². The molecule has 0 aliphatic rings. The second-order valence-corrected chi connectivity index (χ2v) is 6.66. The lowest BCUT2D eigenvalue weighted by atomic mass is 10.4. The largest absolute Gasteiger partial charge is 0.477 e. The number of thiophene rings is 1. The van der Waals surface area contributed by atoms with Crippen LogP contribution in [0.5, 0.6) is 0 Å². The molecule has 0 bridgehead atoms. The Bertz CT molecular complexity index is 572. The summed E-state index contributed by atoms with van der Waals surface area (Å²) < 4.78 is 5.99. The Morgan fingerprint density at radius 2 is 2.28 bits per heavy atom. The zero-order valence-electron chi connectivity index (χ0n) is 9.69. The average Bonchev–Trinajstić information content (AvgIpc) is 2.85. The lowest BCUT2D eigenvalue weighted by Gasteiger charge is -1.94. The Kier molecular flexibility index (Phi) is 4.16. The molecule has 0 radical (unpaired) electrons. The molecule has 0 atom stereocenters. The molecule has 0 saturated carbocycles. The minimum atomic E-state index is -0.960. The molecule has 2 aromatic heterocycles. The quantitative estimate of drug-likeness (QED) is 0.913. The van der Waals surface area contributed by atoms with E-state index in [1.165, 1.54) is 18.4 Å². The first-order valence-corrected chi connectivity index (χ1v) is 7.43. The molecular formula is C11H10BrNO3S2. The van der Waals surface area contributed by atoms with E-state index in [0.717, 1.165) is 19.2 Å². The maximum absolute atomic E-state index is 11.1. The second kappa shape index (κ2) is 5.48. The van der Waals surface area contributed by atoms with E-state index >= 15 is 0 Å². The van der Waals surface area contributed by atoms with Crippen LogP contribution in [0.1, 0.15) is 20.2 Å². The van der Waals surface area contributed by atoms with Crippen LogP contribution >= 0.6 is 38.6 Å². The number of rotatable bonds is 4. The maximum atomic E-state index is 11.1. The van der Waals surface area contributed by atoms with Crippen molar-refractivity contribution in [3.63, 3.8) is 0 Å². The van der Waals surface area contributed by atoms with Gasteiger partial charge in [-0.05, 0) is 28.9 Å². The van der Waals surface area contributed by atoms with Crippen LogP contribution in [-0.2, 0) is 11.3 Å². The number of carboxylic acid groups (broad SMARTS) is 1. The minimum absolute atomic E-state index is 0.212. The molecule has 0 amide bonds. The first kappa shape index (κ1) is 13.7. The summed E-state index contributed by atoms with van der Waals surface area (Å²) in [6.07, 6.45) is 0. The predicted octanol–water partition coefficient (Wildman–Crippen LogP) is 3.79. The summed E-state index contributed by atoms with van der Waals surface area (Å²) >= 11 is 6.21. The molecule has 0 aliphatic carbocycles. The number of thiazole rings is 1. The summed E-state index contributed by atoms with van der Waals surface area (Å²) in [5.74, 6) is -0.960. The van der Waals surface area contributed by atoms with Crippen molar-refractivity contribution in [1.29, 1.82) is 0 Å². The fourth-order valence-electron chi connectivity index (χ4n) is 1.42. The number of hydrogen-bond acceptors (Lipinski definition) is 5. The van der Waals surface area contributed by atoms with E-state index in [2.05, 4.69) is 20.9 Å². The fourth-order valence-corrected chi connectivity index (χ4v) is 3.91. The molecule has 96 valence electrons. The van der Waals surface area contributed by atoms with E-state index in [1.54, 1.807) is 11.3 Å². The third-order valence-electron chi connectivity index (χ3n) is 2.24. The van der Waals surface area contributed by atoms with E-state index < -0.39 is 5.97 Å². The summed E-state index contributed by atoms with van der Waals surface area (Å²) in [6.45, 7) is 2.21. The van der Waals surface area contributed by atoms with Gasteiger partial charge in [-0.25, -0.2) is 9.78 Å². The molecule has 7 heteroatoms. The molecule has 0 unspecified atom stereocenters. The monoisotopic (exact) mass is 347 g/mol. The van der Waals surface area contributed by atoms with Crippen LogP contribution in [0.25, 0.3) is 9.88 Å². The Balaban J connectivity index is 2.45. The highest BCUT2D eigenvalue weighted by Crippen LogP contribution is 2.37. The molecule has 4 nitrogen and oxygen atoms in total. The van der Waals surface area contributed by atoms with Crippen molar-refractivity contribution < 1.29 is 14.6 Å². The molecule has 0 aliphatic heterocycles. The molecule has 2 rings (SSSR count). The molecule has 18 heavy (non-hydrogen) atoms. The molecule has 2 heterocycles. The van der Waals surface area contributed by atoms with Gasteiger partial charge in [0.2, 0.25) is 0 Å². The van der Waals surface area contributed by atoms with Crippen LogP contribution in [0.4, 0.5) is 0 Å². The average molecular weight is 348 g/mol. The van der Waals surface area contributed by atoms with Gasteiger partial charge in [-0.2, -0.15) is 0 Å². The summed E-state index contributed by atoms with van der Waals surface area (Å²) in [6, 6.07) is 1.96. The van der Waals surface area contributed by atoms with E-state index in [0.29, 0.717) is 5.69 Å². The highest BCUT2D eigenvalue weighted by molar-refractivity contribution is 9.10. The zero-order valence-corrected chi connectivity index (χ0v) is 12.9. The third kappa shape index (κ3) is 2.64. The Morgan fingerprint density at radius 3 is 2.78 bits per heavy atom. The highest BCUT2D eigenvalue weighted by atomic mass is 79.9. The smallest absolute Gasteiger partial charge is 0.347 e. The van der Waals surface area contributed by atoms with Crippen LogP contribution in [0, 0.1) is 6.92 Å². The Labute approximate surface area is 120 Å². The van der Waals surface area contributed by atoms with Gasteiger partial charge >= 0.3 is 5.97 Å². The van der Waals surface area contributed by atoms with Gasteiger partial charge in [0.25, 0.3) is 0 Å². The Morgan fingerprint density at radius 1 is 1.56 bits per heavy atom. The van der Waals surface area contributed by atoms with Gasteiger partial charge in [-0.1, -0.05) is 0 Å². The third-order valence-corrected chi connectivity index (χ3v) is 5.63.